The van der Waals surface area contributed by atoms with E-state index in [1.54, 1.807) is 0 Å². The van der Waals surface area contributed by atoms with E-state index < -0.39 is 6.10 Å². The van der Waals surface area contributed by atoms with Gasteiger partial charge in [0.05, 0.1) is 6.10 Å². The third-order valence-corrected chi connectivity index (χ3v) is 4.83. The number of aliphatic hydroxyl groups is 1. The van der Waals surface area contributed by atoms with Crippen molar-refractivity contribution in [2.75, 3.05) is 6.54 Å². The van der Waals surface area contributed by atoms with E-state index >= 15 is 0 Å². The Morgan fingerprint density at radius 1 is 1.42 bits per heavy atom. The SMILES string of the molecule is Cc1ccc(C(O)C2(CN)CCCC(C)C2)c(C)c1. The molecule has 2 nitrogen and oxygen atoms in total. The fourth-order valence-electron chi connectivity index (χ4n) is 3.71. The molecule has 3 N–H and O–H groups in total. The van der Waals surface area contributed by atoms with Crippen LogP contribution in [0.2, 0.25) is 0 Å². The number of hydrogen-bond donors (Lipinski definition) is 2. The first kappa shape index (κ1) is 14.5. The highest BCUT2D eigenvalue weighted by molar-refractivity contribution is 5.33. The molecule has 0 amide bonds. The van der Waals surface area contributed by atoms with E-state index in [0.29, 0.717) is 12.5 Å². The average Bonchev–Trinajstić information content (AvgIpc) is 2.38. The normalized spacial score (nSPS) is 29.2. The van der Waals surface area contributed by atoms with Crippen LogP contribution in [0.4, 0.5) is 0 Å². The molecule has 2 rings (SSSR count). The summed E-state index contributed by atoms with van der Waals surface area (Å²) in [6, 6.07) is 6.31. The predicted molar refractivity (Wildman–Crippen MR) is 80.0 cm³/mol. The average molecular weight is 261 g/mol. The monoisotopic (exact) mass is 261 g/mol. The van der Waals surface area contributed by atoms with Crippen molar-refractivity contribution in [3.8, 4) is 0 Å². The molecule has 0 radical (unpaired) electrons. The van der Waals surface area contributed by atoms with Gasteiger partial charge in [0.2, 0.25) is 0 Å². The zero-order chi connectivity index (χ0) is 14.0. The van der Waals surface area contributed by atoms with Gasteiger partial charge < -0.3 is 10.8 Å². The fourth-order valence-corrected chi connectivity index (χ4v) is 3.71. The molecule has 1 aliphatic rings. The van der Waals surface area contributed by atoms with E-state index in [2.05, 4.69) is 39.0 Å². The van der Waals surface area contributed by atoms with Crippen LogP contribution in [-0.4, -0.2) is 11.7 Å². The maximum atomic E-state index is 10.9. The molecule has 3 unspecified atom stereocenters. The summed E-state index contributed by atoms with van der Waals surface area (Å²) in [5.74, 6) is 0.665. The van der Waals surface area contributed by atoms with E-state index in [1.165, 1.54) is 24.0 Å². The highest BCUT2D eigenvalue weighted by Gasteiger charge is 2.41. The van der Waals surface area contributed by atoms with E-state index in [1.807, 2.05) is 0 Å². The highest BCUT2D eigenvalue weighted by Crippen LogP contribution is 2.47. The number of hydrogen-bond acceptors (Lipinski definition) is 2. The number of benzene rings is 1. The molecule has 19 heavy (non-hydrogen) atoms. The molecule has 0 spiro atoms. The third kappa shape index (κ3) is 2.85. The number of aliphatic hydroxyl groups excluding tert-OH is 1. The summed E-state index contributed by atoms with van der Waals surface area (Å²) in [6.07, 6.45) is 4.10. The minimum atomic E-state index is -0.430. The Labute approximate surface area is 117 Å². The van der Waals surface area contributed by atoms with Gasteiger partial charge in [-0.25, -0.2) is 0 Å². The van der Waals surface area contributed by atoms with Gasteiger partial charge in [0.25, 0.3) is 0 Å². The molecule has 0 aromatic heterocycles. The Hall–Kier alpha value is -0.860. The quantitative estimate of drug-likeness (QED) is 0.875. The van der Waals surface area contributed by atoms with Crippen LogP contribution in [-0.2, 0) is 0 Å². The lowest BCUT2D eigenvalue weighted by atomic mass is 9.65. The Kier molecular flexibility index (Phi) is 4.32. The van der Waals surface area contributed by atoms with Crippen molar-refractivity contribution in [1.29, 1.82) is 0 Å². The molecule has 1 aliphatic carbocycles. The number of aryl methyl sites for hydroxylation is 2. The van der Waals surface area contributed by atoms with Gasteiger partial charge in [-0.2, -0.15) is 0 Å². The van der Waals surface area contributed by atoms with Gasteiger partial charge in [-0.15, -0.1) is 0 Å². The van der Waals surface area contributed by atoms with Gasteiger partial charge in [-0.3, -0.25) is 0 Å². The van der Waals surface area contributed by atoms with Gasteiger partial charge in [0.15, 0.2) is 0 Å². The second kappa shape index (κ2) is 5.64. The first-order valence-electron chi connectivity index (χ1n) is 7.44. The minimum absolute atomic E-state index is 0.127. The van der Waals surface area contributed by atoms with Crippen LogP contribution < -0.4 is 5.73 Å². The van der Waals surface area contributed by atoms with Crippen molar-refractivity contribution in [3.63, 3.8) is 0 Å². The molecule has 1 aromatic carbocycles. The molecule has 0 bridgehead atoms. The van der Waals surface area contributed by atoms with Crippen molar-refractivity contribution < 1.29 is 5.11 Å². The lowest BCUT2D eigenvalue weighted by molar-refractivity contribution is -0.0134. The van der Waals surface area contributed by atoms with Crippen molar-refractivity contribution in [2.45, 2.75) is 52.6 Å². The smallest absolute Gasteiger partial charge is 0.0860 e. The summed E-state index contributed by atoms with van der Waals surface area (Å²) in [5.41, 5.74) is 9.41. The second-order valence-electron chi connectivity index (χ2n) is 6.53. The lowest BCUT2D eigenvalue weighted by Crippen LogP contribution is -2.40. The molecule has 1 fully saturated rings. The largest absolute Gasteiger partial charge is 0.388 e. The molecule has 1 saturated carbocycles. The molecule has 0 aliphatic heterocycles. The van der Waals surface area contributed by atoms with Crippen LogP contribution >= 0.6 is 0 Å². The summed E-state index contributed by atoms with van der Waals surface area (Å²) in [6.45, 7) is 7.02. The predicted octanol–water partition coefficient (Wildman–Crippen LogP) is 3.49. The molecule has 1 aromatic rings. The van der Waals surface area contributed by atoms with E-state index in [0.717, 1.165) is 18.4 Å². The maximum absolute atomic E-state index is 10.9. The highest BCUT2D eigenvalue weighted by atomic mass is 16.3. The van der Waals surface area contributed by atoms with Gasteiger partial charge in [-0.05, 0) is 43.7 Å². The Morgan fingerprint density at radius 2 is 2.16 bits per heavy atom. The summed E-state index contributed by atoms with van der Waals surface area (Å²) < 4.78 is 0. The molecule has 106 valence electrons. The minimum Gasteiger partial charge on any atom is -0.388 e. The summed E-state index contributed by atoms with van der Waals surface area (Å²) in [5, 5.41) is 10.9. The van der Waals surface area contributed by atoms with Crippen LogP contribution in [0, 0.1) is 25.2 Å². The van der Waals surface area contributed by atoms with Gasteiger partial charge >= 0.3 is 0 Å². The third-order valence-electron chi connectivity index (χ3n) is 4.83. The molecule has 2 heteroatoms. The van der Waals surface area contributed by atoms with Crippen molar-refractivity contribution >= 4 is 0 Å². The van der Waals surface area contributed by atoms with E-state index in [-0.39, 0.29) is 5.41 Å². The van der Waals surface area contributed by atoms with Gasteiger partial charge in [0.1, 0.15) is 0 Å². The van der Waals surface area contributed by atoms with Crippen LogP contribution in [0.15, 0.2) is 18.2 Å². The zero-order valence-corrected chi connectivity index (χ0v) is 12.4. The van der Waals surface area contributed by atoms with Crippen molar-refractivity contribution in [2.24, 2.45) is 17.1 Å². The van der Waals surface area contributed by atoms with Crippen LogP contribution in [0.1, 0.15) is 55.4 Å². The zero-order valence-electron chi connectivity index (χ0n) is 12.4. The fraction of sp³-hybridized carbons (Fsp3) is 0.647. The van der Waals surface area contributed by atoms with Crippen LogP contribution in [0.5, 0.6) is 0 Å². The topological polar surface area (TPSA) is 46.2 Å². The van der Waals surface area contributed by atoms with Crippen LogP contribution in [0.3, 0.4) is 0 Å². The van der Waals surface area contributed by atoms with E-state index in [4.69, 9.17) is 5.73 Å². The summed E-state index contributed by atoms with van der Waals surface area (Å²) in [4.78, 5) is 0. The molecular weight excluding hydrogens is 234 g/mol. The number of nitrogens with two attached hydrogens (primary N) is 1. The molecule has 3 atom stereocenters. The molecule has 0 heterocycles. The summed E-state index contributed by atoms with van der Waals surface area (Å²) >= 11 is 0. The first-order chi connectivity index (χ1) is 8.98. The van der Waals surface area contributed by atoms with Crippen LogP contribution in [0.25, 0.3) is 0 Å². The van der Waals surface area contributed by atoms with Crippen molar-refractivity contribution in [1.82, 2.24) is 0 Å². The Balaban J connectivity index is 2.32. The lowest BCUT2D eigenvalue weighted by Gasteiger charge is -2.43. The van der Waals surface area contributed by atoms with Crippen molar-refractivity contribution in [3.05, 3.63) is 34.9 Å². The second-order valence-corrected chi connectivity index (χ2v) is 6.53. The van der Waals surface area contributed by atoms with E-state index in [9.17, 15) is 5.11 Å². The molecular formula is C17H27NO. The standard InChI is InChI=1S/C17H27NO/c1-12-6-7-15(14(3)9-12)16(19)17(11-18)8-4-5-13(2)10-17/h6-7,9,13,16,19H,4-5,8,10-11,18H2,1-3H3. The van der Waals surface area contributed by atoms with Gasteiger partial charge in [-0.1, -0.05) is 43.5 Å². The first-order valence-corrected chi connectivity index (χ1v) is 7.44. The molecule has 0 saturated heterocycles. The maximum Gasteiger partial charge on any atom is 0.0860 e. The summed E-state index contributed by atoms with van der Waals surface area (Å²) in [7, 11) is 0. The number of rotatable bonds is 3. The Bertz CT molecular complexity index is 443. The Morgan fingerprint density at radius 3 is 2.74 bits per heavy atom. The van der Waals surface area contributed by atoms with Gasteiger partial charge in [0, 0.05) is 12.0 Å².